The second-order valence-electron chi connectivity index (χ2n) is 4.52. The van der Waals surface area contributed by atoms with Crippen molar-refractivity contribution in [2.24, 2.45) is 0 Å². The predicted octanol–water partition coefficient (Wildman–Crippen LogP) is 3.55. The predicted molar refractivity (Wildman–Crippen MR) is 82.6 cm³/mol. The van der Waals surface area contributed by atoms with Gasteiger partial charge in [-0.25, -0.2) is 4.98 Å². The SMILES string of the molecule is Cc1cc(-n2c(N)nc3c(C#N)cccc32)ccc1Br. The van der Waals surface area contributed by atoms with E-state index in [4.69, 9.17) is 11.0 Å². The van der Waals surface area contributed by atoms with Crippen molar-refractivity contribution in [1.29, 1.82) is 5.26 Å². The van der Waals surface area contributed by atoms with Crippen molar-refractivity contribution in [1.82, 2.24) is 9.55 Å². The van der Waals surface area contributed by atoms with Crippen LogP contribution in [0.3, 0.4) is 0 Å². The fourth-order valence-corrected chi connectivity index (χ4v) is 2.49. The number of hydrogen-bond acceptors (Lipinski definition) is 3. The number of nitrogen functional groups attached to an aromatic ring is 1. The van der Waals surface area contributed by atoms with Gasteiger partial charge in [0, 0.05) is 10.2 Å². The number of anilines is 1. The van der Waals surface area contributed by atoms with Gasteiger partial charge in [-0.3, -0.25) is 4.57 Å². The van der Waals surface area contributed by atoms with Crippen molar-refractivity contribution in [3.8, 4) is 11.8 Å². The number of nitriles is 1. The second-order valence-corrected chi connectivity index (χ2v) is 5.38. The van der Waals surface area contributed by atoms with Gasteiger partial charge in [0.1, 0.15) is 11.6 Å². The van der Waals surface area contributed by atoms with Gasteiger partial charge in [-0.05, 0) is 42.8 Å². The van der Waals surface area contributed by atoms with Gasteiger partial charge in [-0.2, -0.15) is 5.26 Å². The lowest BCUT2D eigenvalue weighted by Crippen LogP contribution is -2.00. The molecule has 1 heterocycles. The zero-order chi connectivity index (χ0) is 14.3. The molecule has 0 saturated heterocycles. The van der Waals surface area contributed by atoms with Gasteiger partial charge < -0.3 is 5.73 Å². The fourth-order valence-electron chi connectivity index (χ4n) is 2.25. The first-order chi connectivity index (χ1) is 9.61. The minimum atomic E-state index is 0.379. The zero-order valence-corrected chi connectivity index (χ0v) is 12.3. The molecule has 2 N–H and O–H groups in total. The van der Waals surface area contributed by atoms with Crippen molar-refractivity contribution >= 4 is 32.9 Å². The Morgan fingerprint density at radius 3 is 2.80 bits per heavy atom. The van der Waals surface area contributed by atoms with E-state index in [1.165, 1.54) is 0 Å². The van der Waals surface area contributed by atoms with Crippen molar-refractivity contribution in [2.45, 2.75) is 6.92 Å². The lowest BCUT2D eigenvalue weighted by molar-refractivity contribution is 1.10. The minimum Gasteiger partial charge on any atom is -0.369 e. The molecular weight excluding hydrogens is 316 g/mol. The third-order valence-corrected chi connectivity index (χ3v) is 4.12. The average Bonchev–Trinajstić information content (AvgIpc) is 2.78. The number of aryl methyl sites for hydroxylation is 1. The van der Waals surface area contributed by atoms with Crippen LogP contribution in [0.5, 0.6) is 0 Å². The standard InChI is InChI=1S/C15H11BrN4/c1-9-7-11(5-6-12(9)16)20-13-4-2-3-10(8-17)14(13)19-15(20)18/h2-7H,1H3,(H2,18,19). The number of fused-ring (bicyclic) bond motifs is 1. The molecule has 0 saturated carbocycles. The van der Waals surface area contributed by atoms with Crippen LogP contribution in [-0.2, 0) is 0 Å². The van der Waals surface area contributed by atoms with Crippen LogP contribution < -0.4 is 5.73 Å². The molecule has 0 aliphatic rings. The molecule has 0 radical (unpaired) electrons. The number of rotatable bonds is 1. The van der Waals surface area contributed by atoms with Gasteiger partial charge in [-0.15, -0.1) is 0 Å². The Bertz CT molecular complexity index is 858. The average molecular weight is 327 g/mol. The Balaban J connectivity index is 2.34. The number of para-hydroxylation sites is 1. The summed E-state index contributed by atoms with van der Waals surface area (Å²) in [7, 11) is 0. The Hall–Kier alpha value is -2.32. The molecule has 3 rings (SSSR count). The van der Waals surface area contributed by atoms with Crippen molar-refractivity contribution in [3.63, 3.8) is 0 Å². The number of aromatic nitrogens is 2. The summed E-state index contributed by atoms with van der Waals surface area (Å²) in [6.07, 6.45) is 0. The van der Waals surface area contributed by atoms with Gasteiger partial charge in [0.05, 0.1) is 11.1 Å². The molecular formula is C15H11BrN4. The first-order valence-corrected chi connectivity index (χ1v) is 6.84. The van der Waals surface area contributed by atoms with Gasteiger partial charge in [0.2, 0.25) is 5.95 Å². The molecule has 0 spiro atoms. The van der Waals surface area contributed by atoms with Crippen molar-refractivity contribution in [2.75, 3.05) is 5.73 Å². The molecule has 0 fully saturated rings. The highest BCUT2D eigenvalue weighted by Gasteiger charge is 2.13. The molecule has 2 aromatic carbocycles. The number of nitrogens with zero attached hydrogens (tertiary/aromatic N) is 3. The summed E-state index contributed by atoms with van der Waals surface area (Å²) < 4.78 is 2.90. The molecule has 0 bridgehead atoms. The van der Waals surface area contributed by atoms with Crippen molar-refractivity contribution in [3.05, 3.63) is 52.0 Å². The summed E-state index contributed by atoms with van der Waals surface area (Å²) in [4.78, 5) is 4.32. The molecule has 98 valence electrons. The quantitative estimate of drug-likeness (QED) is 0.743. The van der Waals surface area contributed by atoms with Crippen LogP contribution in [-0.4, -0.2) is 9.55 Å². The highest BCUT2D eigenvalue weighted by atomic mass is 79.9. The maximum absolute atomic E-state index is 9.14. The number of halogens is 1. The molecule has 3 aromatic rings. The van der Waals surface area contributed by atoms with E-state index in [-0.39, 0.29) is 0 Å². The van der Waals surface area contributed by atoms with E-state index in [2.05, 4.69) is 27.0 Å². The van der Waals surface area contributed by atoms with E-state index >= 15 is 0 Å². The molecule has 0 unspecified atom stereocenters. The van der Waals surface area contributed by atoms with E-state index in [1.54, 1.807) is 6.07 Å². The molecule has 5 heteroatoms. The largest absolute Gasteiger partial charge is 0.369 e. The number of hydrogen-bond donors (Lipinski definition) is 1. The van der Waals surface area contributed by atoms with Crippen molar-refractivity contribution < 1.29 is 0 Å². The smallest absolute Gasteiger partial charge is 0.205 e. The number of imidazole rings is 1. The first-order valence-electron chi connectivity index (χ1n) is 6.05. The van der Waals surface area contributed by atoms with E-state index in [0.717, 1.165) is 21.2 Å². The lowest BCUT2D eigenvalue weighted by atomic mass is 10.2. The normalized spacial score (nSPS) is 10.7. The maximum Gasteiger partial charge on any atom is 0.205 e. The van der Waals surface area contributed by atoms with Gasteiger partial charge >= 0.3 is 0 Å². The highest BCUT2D eigenvalue weighted by molar-refractivity contribution is 9.10. The zero-order valence-electron chi connectivity index (χ0n) is 10.8. The number of nitrogens with two attached hydrogens (primary N) is 1. The summed E-state index contributed by atoms with van der Waals surface area (Å²) >= 11 is 3.48. The molecule has 0 atom stereocenters. The van der Waals surface area contributed by atoms with Crippen LogP contribution in [0.2, 0.25) is 0 Å². The van der Waals surface area contributed by atoms with Crippen LogP contribution in [0.1, 0.15) is 11.1 Å². The molecule has 0 aliphatic carbocycles. The van der Waals surface area contributed by atoms with Crippen LogP contribution in [0.4, 0.5) is 5.95 Å². The summed E-state index contributed by atoms with van der Waals surface area (Å²) in [6.45, 7) is 2.02. The van der Waals surface area contributed by atoms with E-state index < -0.39 is 0 Å². The third-order valence-electron chi connectivity index (χ3n) is 3.23. The third kappa shape index (κ3) is 1.86. The van der Waals surface area contributed by atoms with Gasteiger partial charge in [0.25, 0.3) is 0 Å². The molecule has 0 aliphatic heterocycles. The van der Waals surface area contributed by atoms with E-state index in [1.807, 2.05) is 41.8 Å². The van der Waals surface area contributed by atoms with E-state index in [9.17, 15) is 0 Å². The molecule has 0 amide bonds. The van der Waals surface area contributed by atoms with Gasteiger partial charge in [-0.1, -0.05) is 22.0 Å². The molecule has 1 aromatic heterocycles. The fraction of sp³-hybridized carbons (Fsp3) is 0.0667. The topological polar surface area (TPSA) is 67.6 Å². The Morgan fingerprint density at radius 2 is 2.10 bits per heavy atom. The summed E-state index contributed by atoms with van der Waals surface area (Å²) in [6, 6.07) is 13.6. The van der Waals surface area contributed by atoms with Crippen LogP contribution >= 0.6 is 15.9 Å². The lowest BCUT2D eigenvalue weighted by Gasteiger charge is -2.08. The van der Waals surface area contributed by atoms with Gasteiger partial charge in [0.15, 0.2) is 0 Å². The Kier molecular flexibility index (Phi) is 2.96. The summed E-state index contributed by atoms with van der Waals surface area (Å²) in [5.74, 6) is 0.379. The van der Waals surface area contributed by atoms with Crippen LogP contribution in [0.25, 0.3) is 16.7 Å². The van der Waals surface area contributed by atoms with Crippen LogP contribution in [0, 0.1) is 18.3 Å². The Morgan fingerprint density at radius 1 is 1.30 bits per heavy atom. The van der Waals surface area contributed by atoms with Crippen LogP contribution in [0.15, 0.2) is 40.9 Å². The monoisotopic (exact) mass is 326 g/mol. The maximum atomic E-state index is 9.14. The number of benzene rings is 2. The summed E-state index contributed by atoms with van der Waals surface area (Å²) in [5.41, 5.74) is 10.1. The first kappa shape index (κ1) is 12.7. The molecule has 20 heavy (non-hydrogen) atoms. The molecule has 4 nitrogen and oxygen atoms in total. The Labute approximate surface area is 124 Å². The highest BCUT2D eigenvalue weighted by Crippen LogP contribution is 2.27. The minimum absolute atomic E-state index is 0.379. The van der Waals surface area contributed by atoms with E-state index in [0.29, 0.717) is 17.0 Å². The summed E-state index contributed by atoms with van der Waals surface area (Å²) in [5, 5.41) is 9.14. The second kappa shape index (κ2) is 4.66.